The molecule has 0 aliphatic rings. The molecular formula is C12H16N4OS. The van der Waals surface area contributed by atoms with Crippen LogP contribution in [0.15, 0.2) is 17.1 Å². The van der Waals surface area contributed by atoms with Crippen molar-refractivity contribution in [1.29, 1.82) is 0 Å². The van der Waals surface area contributed by atoms with Gasteiger partial charge >= 0.3 is 0 Å². The maximum Gasteiger partial charge on any atom is 0.192 e. The first-order valence-corrected chi connectivity index (χ1v) is 6.70. The molecule has 2 aromatic heterocycles. The van der Waals surface area contributed by atoms with Crippen LogP contribution < -0.4 is 10.7 Å². The van der Waals surface area contributed by atoms with E-state index in [0.29, 0.717) is 10.6 Å². The fraction of sp³-hybridized carbons (Fsp3) is 0.417. The third kappa shape index (κ3) is 2.65. The fourth-order valence-corrected chi connectivity index (χ4v) is 2.54. The zero-order valence-electron chi connectivity index (χ0n) is 10.7. The summed E-state index contributed by atoms with van der Waals surface area (Å²) in [6.45, 7) is 6.81. The maximum absolute atomic E-state index is 11.8. The van der Waals surface area contributed by atoms with Gasteiger partial charge in [-0.2, -0.15) is 0 Å². The van der Waals surface area contributed by atoms with Crippen LogP contribution in [-0.4, -0.2) is 21.7 Å². The fourth-order valence-electron chi connectivity index (χ4n) is 1.65. The summed E-state index contributed by atoms with van der Waals surface area (Å²) < 4.78 is 0. The van der Waals surface area contributed by atoms with Crippen molar-refractivity contribution in [2.24, 2.45) is 0 Å². The average molecular weight is 264 g/mol. The Morgan fingerprint density at radius 2 is 2.28 bits per heavy atom. The van der Waals surface area contributed by atoms with Gasteiger partial charge in [-0.05, 0) is 20.4 Å². The Balaban J connectivity index is 2.32. The van der Waals surface area contributed by atoms with Gasteiger partial charge < -0.3 is 10.3 Å². The summed E-state index contributed by atoms with van der Waals surface area (Å²) in [6, 6.07) is 1.73. The molecule has 0 saturated heterocycles. The van der Waals surface area contributed by atoms with Crippen molar-refractivity contribution in [3.63, 3.8) is 0 Å². The third-order valence-electron chi connectivity index (χ3n) is 2.61. The minimum atomic E-state index is -0.0231. The molecule has 0 aromatic carbocycles. The Labute approximate surface area is 109 Å². The molecule has 2 rings (SSSR count). The van der Waals surface area contributed by atoms with Gasteiger partial charge in [0, 0.05) is 18.0 Å². The largest absolute Gasteiger partial charge is 0.364 e. The summed E-state index contributed by atoms with van der Waals surface area (Å²) in [5, 5.41) is 13.0. The second-order valence-corrected chi connectivity index (χ2v) is 5.13. The number of H-pyrrole nitrogens is 1. The number of aromatic nitrogens is 3. The van der Waals surface area contributed by atoms with Crippen LogP contribution in [0.4, 0.5) is 0 Å². The first-order chi connectivity index (χ1) is 8.61. The Kier molecular flexibility index (Phi) is 3.88. The van der Waals surface area contributed by atoms with Crippen LogP contribution in [0.5, 0.6) is 0 Å². The molecule has 0 aliphatic carbocycles. The van der Waals surface area contributed by atoms with Gasteiger partial charge in [-0.1, -0.05) is 18.3 Å². The third-order valence-corrected chi connectivity index (χ3v) is 3.75. The van der Waals surface area contributed by atoms with Gasteiger partial charge in [0.1, 0.15) is 5.01 Å². The zero-order valence-corrected chi connectivity index (χ0v) is 11.5. The van der Waals surface area contributed by atoms with Gasteiger partial charge in [0.2, 0.25) is 0 Å². The van der Waals surface area contributed by atoms with E-state index < -0.39 is 0 Å². The topological polar surface area (TPSA) is 70.7 Å². The molecule has 0 spiro atoms. The van der Waals surface area contributed by atoms with Crippen molar-refractivity contribution in [2.75, 3.05) is 6.54 Å². The molecule has 0 saturated carbocycles. The molecule has 2 N–H and O–H groups in total. The molecule has 0 aliphatic heterocycles. The van der Waals surface area contributed by atoms with E-state index in [-0.39, 0.29) is 11.5 Å². The van der Waals surface area contributed by atoms with E-state index >= 15 is 0 Å². The average Bonchev–Trinajstić information content (AvgIpc) is 2.78. The standard InChI is InChI=1S/C12H16N4OS/c1-4-13-8(3)11-15-16-12(18-11)9-6-14-7(2)5-10(9)17/h5-6,8,13H,4H2,1-3H3,(H,14,17). The minimum Gasteiger partial charge on any atom is -0.364 e. The van der Waals surface area contributed by atoms with E-state index in [1.54, 1.807) is 12.3 Å². The molecule has 0 amide bonds. The number of nitrogens with zero attached hydrogens (tertiary/aromatic N) is 2. The van der Waals surface area contributed by atoms with Gasteiger partial charge in [-0.25, -0.2) is 0 Å². The highest BCUT2D eigenvalue weighted by Gasteiger charge is 2.13. The summed E-state index contributed by atoms with van der Waals surface area (Å²) in [5.74, 6) is 0. The van der Waals surface area contributed by atoms with Crippen molar-refractivity contribution in [3.05, 3.63) is 33.2 Å². The summed E-state index contributed by atoms with van der Waals surface area (Å²) in [5.41, 5.74) is 1.40. The van der Waals surface area contributed by atoms with E-state index in [1.807, 2.05) is 20.8 Å². The first kappa shape index (κ1) is 12.9. The lowest BCUT2D eigenvalue weighted by Crippen LogP contribution is -2.17. The van der Waals surface area contributed by atoms with Crippen LogP contribution >= 0.6 is 11.3 Å². The Morgan fingerprint density at radius 3 is 2.94 bits per heavy atom. The number of hydrogen-bond acceptors (Lipinski definition) is 5. The Morgan fingerprint density at radius 1 is 1.50 bits per heavy atom. The number of rotatable bonds is 4. The highest BCUT2D eigenvalue weighted by molar-refractivity contribution is 7.14. The number of aromatic amines is 1. The van der Waals surface area contributed by atoms with Crippen LogP contribution in [0.2, 0.25) is 0 Å². The van der Waals surface area contributed by atoms with Gasteiger partial charge in [0.25, 0.3) is 0 Å². The number of pyridine rings is 1. The lowest BCUT2D eigenvalue weighted by molar-refractivity contribution is 0.590. The summed E-state index contributed by atoms with van der Waals surface area (Å²) >= 11 is 1.45. The zero-order chi connectivity index (χ0) is 13.1. The molecule has 0 fully saturated rings. The predicted molar refractivity (Wildman–Crippen MR) is 72.8 cm³/mol. The van der Waals surface area contributed by atoms with Crippen molar-refractivity contribution >= 4 is 11.3 Å². The minimum absolute atomic E-state index is 0.0231. The van der Waals surface area contributed by atoms with Crippen LogP contribution in [0.1, 0.15) is 30.6 Å². The first-order valence-electron chi connectivity index (χ1n) is 5.88. The van der Waals surface area contributed by atoms with E-state index in [2.05, 4.69) is 20.5 Å². The van der Waals surface area contributed by atoms with Gasteiger partial charge in [-0.15, -0.1) is 10.2 Å². The molecule has 96 valence electrons. The van der Waals surface area contributed by atoms with Crippen LogP contribution in [-0.2, 0) is 0 Å². The van der Waals surface area contributed by atoms with Gasteiger partial charge in [0.05, 0.1) is 11.6 Å². The highest BCUT2D eigenvalue weighted by atomic mass is 32.1. The molecule has 5 nitrogen and oxygen atoms in total. The molecule has 1 atom stereocenters. The summed E-state index contributed by atoms with van der Waals surface area (Å²) in [6.07, 6.45) is 1.69. The molecule has 18 heavy (non-hydrogen) atoms. The highest BCUT2D eigenvalue weighted by Crippen LogP contribution is 2.24. The van der Waals surface area contributed by atoms with Crippen LogP contribution in [0, 0.1) is 6.92 Å². The van der Waals surface area contributed by atoms with Crippen molar-refractivity contribution < 1.29 is 0 Å². The Bertz CT molecular complexity index is 590. The lowest BCUT2D eigenvalue weighted by atomic mass is 10.2. The molecule has 6 heteroatoms. The van der Waals surface area contributed by atoms with E-state index in [1.165, 1.54) is 11.3 Å². The van der Waals surface area contributed by atoms with Crippen molar-refractivity contribution in [3.8, 4) is 10.6 Å². The second kappa shape index (κ2) is 5.41. The molecule has 0 radical (unpaired) electrons. The monoisotopic (exact) mass is 264 g/mol. The summed E-state index contributed by atoms with van der Waals surface area (Å²) in [7, 11) is 0. The molecule has 2 heterocycles. The quantitative estimate of drug-likeness (QED) is 0.884. The van der Waals surface area contributed by atoms with Gasteiger partial charge in [0.15, 0.2) is 10.4 Å². The molecule has 2 aromatic rings. The SMILES string of the molecule is CCNC(C)c1nnc(-c2c[nH]c(C)cc2=O)s1. The van der Waals surface area contributed by atoms with E-state index in [4.69, 9.17) is 0 Å². The second-order valence-electron chi connectivity index (χ2n) is 4.12. The maximum atomic E-state index is 11.8. The normalized spacial score (nSPS) is 12.6. The molecule has 1 unspecified atom stereocenters. The smallest absolute Gasteiger partial charge is 0.192 e. The summed E-state index contributed by atoms with van der Waals surface area (Å²) in [4.78, 5) is 14.9. The van der Waals surface area contributed by atoms with Crippen molar-refractivity contribution in [1.82, 2.24) is 20.5 Å². The number of nitrogens with one attached hydrogen (secondary N) is 2. The van der Waals surface area contributed by atoms with Crippen LogP contribution in [0.3, 0.4) is 0 Å². The van der Waals surface area contributed by atoms with Gasteiger partial charge in [-0.3, -0.25) is 4.79 Å². The Hall–Kier alpha value is -1.53. The number of hydrogen-bond donors (Lipinski definition) is 2. The van der Waals surface area contributed by atoms with E-state index in [0.717, 1.165) is 17.2 Å². The van der Waals surface area contributed by atoms with E-state index in [9.17, 15) is 4.79 Å². The molecular weight excluding hydrogens is 248 g/mol. The number of aryl methyl sites for hydroxylation is 1. The van der Waals surface area contributed by atoms with Crippen LogP contribution in [0.25, 0.3) is 10.6 Å². The van der Waals surface area contributed by atoms with Crippen molar-refractivity contribution in [2.45, 2.75) is 26.8 Å². The predicted octanol–water partition coefficient (Wildman–Crippen LogP) is 1.87. The lowest BCUT2D eigenvalue weighted by Gasteiger charge is -2.06. The molecule has 0 bridgehead atoms.